The molecule has 0 bridgehead atoms. The number of anilines is 3. The Morgan fingerprint density at radius 2 is 2.18 bits per heavy atom. The van der Waals surface area contributed by atoms with Crippen LogP contribution in [-0.2, 0) is 0 Å². The summed E-state index contributed by atoms with van der Waals surface area (Å²) in [7, 11) is 0. The Morgan fingerprint density at radius 1 is 1.41 bits per heavy atom. The number of nitrogens with zero attached hydrogens (tertiary/aromatic N) is 3. The Morgan fingerprint density at radius 3 is 2.82 bits per heavy atom. The van der Waals surface area contributed by atoms with Crippen molar-refractivity contribution in [1.82, 2.24) is 9.97 Å². The fourth-order valence-electron chi connectivity index (χ4n) is 2.88. The van der Waals surface area contributed by atoms with Crippen LogP contribution in [0, 0.1) is 12.8 Å². The fourth-order valence-corrected chi connectivity index (χ4v) is 3.76. The fraction of sp³-hybridized carbons (Fsp3) is 0.467. The van der Waals surface area contributed by atoms with Crippen molar-refractivity contribution in [3.63, 3.8) is 0 Å². The minimum Gasteiger partial charge on any atom is -0.365 e. The Kier molecular flexibility index (Phi) is 3.27. The second-order valence-corrected chi connectivity index (χ2v) is 7.72. The number of aryl methyl sites for hydroxylation is 1. The highest BCUT2D eigenvalue weighted by molar-refractivity contribution is 7.15. The molecule has 1 N–H and O–H groups in total. The van der Waals surface area contributed by atoms with Crippen molar-refractivity contribution in [2.24, 2.45) is 5.92 Å². The number of halogens is 2. The summed E-state index contributed by atoms with van der Waals surface area (Å²) >= 11 is 7.66. The lowest BCUT2D eigenvalue weighted by atomic mass is 9.90. The van der Waals surface area contributed by atoms with Crippen molar-refractivity contribution in [3.8, 4) is 0 Å². The van der Waals surface area contributed by atoms with Crippen LogP contribution in [0.25, 0.3) is 0 Å². The van der Waals surface area contributed by atoms with Gasteiger partial charge in [-0.2, -0.15) is 0 Å². The summed E-state index contributed by atoms with van der Waals surface area (Å²) in [5.74, 6) is 0.900. The molecule has 1 aliphatic heterocycles. The Labute approximate surface area is 137 Å². The Hall–Kier alpha value is -1.40. The summed E-state index contributed by atoms with van der Waals surface area (Å²) in [5.41, 5.74) is -0.0971. The average Bonchev–Trinajstić information content (AvgIpc) is 3.19. The maximum Gasteiger partial charge on any atom is 0.188 e. The summed E-state index contributed by atoms with van der Waals surface area (Å²) in [4.78, 5) is 11.7. The van der Waals surface area contributed by atoms with E-state index >= 15 is 0 Å². The number of hydrogen-bond acceptors (Lipinski definition) is 5. The van der Waals surface area contributed by atoms with Crippen molar-refractivity contribution in [2.75, 3.05) is 23.3 Å². The molecule has 2 aliphatic rings. The van der Waals surface area contributed by atoms with Crippen LogP contribution in [-0.4, -0.2) is 28.7 Å². The molecular weight excluding hydrogens is 323 g/mol. The minimum absolute atomic E-state index is 0.261. The molecule has 0 amide bonds. The lowest BCUT2D eigenvalue weighted by Gasteiger charge is -2.46. The van der Waals surface area contributed by atoms with Gasteiger partial charge in [0.25, 0.3) is 0 Å². The van der Waals surface area contributed by atoms with Crippen molar-refractivity contribution in [1.29, 1.82) is 0 Å². The molecule has 0 aromatic carbocycles. The highest BCUT2D eigenvalue weighted by Gasteiger charge is 2.54. The molecule has 116 valence electrons. The second-order valence-electron chi connectivity index (χ2n) is 6.10. The average molecular weight is 339 g/mol. The van der Waals surface area contributed by atoms with E-state index in [1.165, 1.54) is 0 Å². The van der Waals surface area contributed by atoms with Crippen LogP contribution in [0.5, 0.6) is 0 Å². The van der Waals surface area contributed by atoms with Gasteiger partial charge in [0.05, 0.1) is 13.1 Å². The molecular formula is C15H16ClFN4S. The van der Waals surface area contributed by atoms with Gasteiger partial charge in [-0.1, -0.05) is 11.6 Å². The van der Waals surface area contributed by atoms with E-state index in [0.29, 0.717) is 24.1 Å². The van der Waals surface area contributed by atoms with Gasteiger partial charge in [0.1, 0.15) is 16.6 Å². The second kappa shape index (κ2) is 5.06. The van der Waals surface area contributed by atoms with E-state index in [-0.39, 0.29) is 5.92 Å². The number of rotatable bonds is 4. The highest BCUT2D eigenvalue weighted by atomic mass is 35.5. The van der Waals surface area contributed by atoms with Crippen molar-refractivity contribution in [3.05, 3.63) is 28.4 Å². The van der Waals surface area contributed by atoms with Gasteiger partial charge in [0, 0.05) is 22.8 Å². The topological polar surface area (TPSA) is 41.1 Å². The number of alkyl halides is 1. The summed E-state index contributed by atoms with van der Waals surface area (Å²) in [6.45, 7) is 2.90. The molecule has 0 radical (unpaired) electrons. The standard InChI is InChI=1S/C15H16ClFN4S/c1-9-6-18-14(22-9)20-13-5-11(4-12(16)19-13)21-7-15(17,8-21)10-2-3-10/h4-6,10H,2-3,7-8H2,1H3,(H,18,19,20). The van der Waals surface area contributed by atoms with E-state index < -0.39 is 5.67 Å². The van der Waals surface area contributed by atoms with E-state index in [2.05, 4.69) is 15.3 Å². The van der Waals surface area contributed by atoms with Crippen molar-refractivity contribution in [2.45, 2.75) is 25.4 Å². The number of pyridine rings is 1. The first-order chi connectivity index (χ1) is 10.5. The first-order valence-electron chi connectivity index (χ1n) is 7.33. The molecule has 1 aliphatic carbocycles. The van der Waals surface area contributed by atoms with Crippen LogP contribution < -0.4 is 10.2 Å². The number of thiazole rings is 1. The minimum atomic E-state index is -1.00. The lowest BCUT2D eigenvalue weighted by Crippen LogP contribution is -2.60. The van der Waals surface area contributed by atoms with E-state index in [4.69, 9.17) is 11.6 Å². The van der Waals surface area contributed by atoms with Crippen LogP contribution in [0.2, 0.25) is 5.15 Å². The number of aromatic nitrogens is 2. The van der Waals surface area contributed by atoms with Crippen molar-refractivity contribution < 1.29 is 4.39 Å². The van der Waals surface area contributed by atoms with Gasteiger partial charge in [-0.25, -0.2) is 14.4 Å². The van der Waals surface area contributed by atoms with Crippen LogP contribution >= 0.6 is 22.9 Å². The molecule has 4 nitrogen and oxygen atoms in total. The van der Waals surface area contributed by atoms with Gasteiger partial charge < -0.3 is 10.2 Å². The van der Waals surface area contributed by atoms with Crippen LogP contribution in [0.1, 0.15) is 17.7 Å². The Bertz CT molecular complexity index is 709. The number of nitrogens with one attached hydrogen (secondary N) is 1. The SMILES string of the molecule is Cc1cnc(Nc2cc(N3CC(F)(C4CC4)C3)cc(Cl)n2)s1. The third kappa shape index (κ3) is 2.65. The van der Waals surface area contributed by atoms with E-state index in [1.807, 2.05) is 17.9 Å². The molecule has 0 atom stereocenters. The van der Waals surface area contributed by atoms with Crippen LogP contribution in [0.15, 0.2) is 18.3 Å². The zero-order valence-corrected chi connectivity index (χ0v) is 13.7. The van der Waals surface area contributed by atoms with Gasteiger partial charge in [0.2, 0.25) is 0 Å². The summed E-state index contributed by atoms with van der Waals surface area (Å²) in [6, 6.07) is 3.68. The monoisotopic (exact) mass is 338 g/mol. The molecule has 22 heavy (non-hydrogen) atoms. The molecule has 1 saturated heterocycles. The van der Waals surface area contributed by atoms with E-state index in [9.17, 15) is 4.39 Å². The molecule has 0 spiro atoms. The molecule has 2 fully saturated rings. The lowest BCUT2D eigenvalue weighted by molar-refractivity contribution is 0.0932. The summed E-state index contributed by atoms with van der Waals surface area (Å²) in [6.07, 6.45) is 3.86. The molecule has 0 unspecified atom stereocenters. The normalized spacial score (nSPS) is 19.9. The first-order valence-corrected chi connectivity index (χ1v) is 8.52. The number of hydrogen-bond donors (Lipinski definition) is 1. The predicted molar refractivity (Wildman–Crippen MR) is 88.2 cm³/mol. The largest absolute Gasteiger partial charge is 0.365 e. The summed E-state index contributed by atoms with van der Waals surface area (Å²) in [5, 5.41) is 4.33. The molecule has 3 heterocycles. The smallest absolute Gasteiger partial charge is 0.188 e. The molecule has 4 rings (SSSR count). The van der Waals surface area contributed by atoms with Crippen molar-refractivity contribution >= 4 is 39.6 Å². The van der Waals surface area contributed by atoms with Gasteiger partial charge in [0.15, 0.2) is 5.13 Å². The van der Waals surface area contributed by atoms with Crippen LogP contribution in [0.3, 0.4) is 0 Å². The maximum absolute atomic E-state index is 14.5. The summed E-state index contributed by atoms with van der Waals surface area (Å²) < 4.78 is 14.5. The molecule has 7 heteroatoms. The Balaban J connectivity index is 1.51. The predicted octanol–water partition coefficient (Wildman–Crippen LogP) is 4.18. The van der Waals surface area contributed by atoms with Gasteiger partial charge in [-0.15, -0.1) is 11.3 Å². The maximum atomic E-state index is 14.5. The van der Waals surface area contributed by atoms with Gasteiger partial charge in [-0.3, -0.25) is 0 Å². The third-order valence-corrected chi connectivity index (χ3v) is 5.24. The van der Waals surface area contributed by atoms with Gasteiger partial charge >= 0.3 is 0 Å². The molecule has 2 aromatic rings. The zero-order chi connectivity index (χ0) is 15.3. The quantitative estimate of drug-likeness (QED) is 0.849. The molecule has 1 saturated carbocycles. The third-order valence-electron chi connectivity index (χ3n) is 4.22. The zero-order valence-electron chi connectivity index (χ0n) is 12.1. The first kappa shape index (κ1) is 14.2. The van der Waals surface area contributed by atoms with E-state index in [1.54, 1.807) is 23.6 Å². The van der Waals surface area contributed by atoms with Gasteiger partial charge in [-0.05, 0) is 31.7 Å². The molecule has 2 aromatic heterocycles. The van der Waals surface area contributed by atoms with Crippen LogP contribution in [0.4, 0.5) is 21.0 Å². The highest BCUT2D eigenvalue weighted by Crippen LogP contribution is 2.48. The van der Waals surface area contributed by atoms with E-state index in [0.717, 1.165) is 28.5 Å².